The van der Waals surface area contributed by atoms with Crippen molar-refractivity contribution in [3.05, 3.63) is 48.9 Å². The minimum absolute atomic E-state index is 0.356. The molecule has 0 spiro atoms. The first-order valence-corrected chi connectivity index (χ1v) is 9.35. The van der Waals surface area contributed by atoms with E-state index in [0.717, 1.165) is 16.6 Å². The Morgan fingerprint density at radius 2 is 2.17 bits per heavy atom. The fourth-order valence-corrected chi connectivity index (χ4v) is 4.52. The normalized spacial score (nSPS) is 13.6. The van der Waals surface area contributed by atoms with Gasteiger partial charge in [0.15, 0.2) is 0 Å². The zero-order valence-corrected chi connectivity index (χ0v) is 14.4. The van der Waals surface area contributed by atoms with Gasteiger partial charge in [0.25, 0.3) is 5.91 Å². The van der Waals surface area contributed by atoms with Crippen LogP contribution in [-0.2, 0) is 14.5 Å². The third kappa shape index (κ3) is 3.21. The molecule has 1 atom stereocenters. The number of carbonyl (C=O) groups is 1. The van der Waals surface area contributed by atoms with Crippen LogP contribution in [0, 0.1) is 0 Å². The summed E-state index contributed by atoms with van der Waals surface area (Å²) in [7, 11) is -2.74. The second-order valence-electron chi connectivity index (χ2n) is 5.46. The van der Waals surface area contributed by atoms with Gasteiger partial charge in [-0.2, -0.15) is 9.46 Å². The number of carbonyl (C=O) groups excluding carboxylic acids is 1. The smallest absolute Gasteiger partial charge is 0.250 e. The van der Waals surface area contributed by atoms with Crippen LogP contribution in [0.15, 0.2) is 58.2 Å². The molecule has 0 bridgehead atoms. The van der Waals surface area contributed by atoms with E-state index in [0.29, 0.717) is 17.1 Å². The van der Waals surface area contributed by atoms with Crippen LogP contribution in [0.4, 0.5) is 0 Å². The van der Waals surface area contributed by atoms with Crippen LogP contribution < -0.4 is 0 Å². The first kappa shape index (κ1) is 16.3. The van der Waals surface area contributed by atoms with Gasteiger partial charge in [-0.25, -0.2) is 8.89 Å². The second kappa shape index (κ2) is 6.52. The highest BCUT2D eigenvalue weighted by Gasteiger charge is 2.15. The van der Waals surface area contributed by atoms with E-state index in [9.17, 15) is 9.00 Å². The molecule has 24 heavy (non-hydrogen) atoms. The quantitative estimate of drug-likeness (QED) is 0.729. The lowest BCUT2D eigenvalue weighted by atomic mass is 10.3. The molecule has 3 rings (SSSR count). The van der Waals surface area contributed by atoms with Gasteiger partial charge in [0.2, 0.25) is 0 Å². The van der Waals surface area contributed by atoms with Gasteiger partial charge in [-0.1, -0.05) is 6.92 Å². The number of fused-ring (bicyclic) bond motifs is 1. The predicted molar refractivity (Wildman–Crippen MR) is 93.5 cm³/mol. The van der Waals surface area contributed by atoms with E-state index < -0.39 is 15.6 Å². The number of rotatable bonds is 4. The molecule has 0 saturated carbocycles. The van der Waals surface area contributed by atoms with E-state index >= 15 is 0 Å². The molecule has 0 aliphatic rings. The van der Waals surface area contributed by atoms with Gasteiger partial charge >= 0.3 is 0 Å². The third-order valence-electron chi connectivity index (χ3n) is 3.51. The largest absolute Gasteiger partial charge is 0.272 e. The van der Waals surface area contributed by atoms with Crippen LogP contribution >= 0.6 is 0 Å². The summed E-state index contributed by atoms with van der Waals surface area (Å²) in [6.07, 6.45) is 5.96. The van der Waals surface area contributed by atoms with Gasteiger partial charge in [-0.05, 0) is 36.8 Å². The van der Waals surface area contributed by atoms with Gasteiger partial charge in [0, 0.05) is 35.4 Å². The summed E-state index contributed by atoms with van der Waals surface area (Å²) in [6, 6.07) is 9.10. The number of pyridine rings is 1. The van der Waals surface area contributed by atoms with Crippen molar-refractivity contribution in [2.45, 2.75) is 25.2 Å². The number of hydrogen-bond acceptors (Lipinski definition) is 4. The molecule has 6 nitrogen and oxygen atoms in total. The Morgan fingerprint density at radius 3 is 2.83 bits per heavy atom. The van der Waals surface area contributed by atoms with Gasteiger partial charge in [-0.15, -0.1) is 0 Å². The molecule has 0 N–H and O–H groups in total. The van der Waals surface area contributed by atoms with E-state index in [4.69, 9.17) is 0 Å². The minimum Gasteiger partial charge on any atom is -0.272 e. The topological polar surface area (TPSA) is 77.2 Å². The maximum Gasteiger partial charge on any atom is 0.250 e. The molecule has 124 valence electrons. The molecular formula is C17H18N4O2S. The van der Waals surface area contributed by atoms with Gasteiger partial charge in [-0.3, -0.25) is 9.78 Å². The molecule has 2 aromatic heterocycles. The van der Waals surface area contributed by atoms with Crippen molar-refractivity contribution in [1.82, 2.24) is 14.8 Å². The van der Waals surface area contributed by atoms with Crippen LogP contribution in [0.5, 0.6) is 0 Å². The Bertz CT molecular complexity index is 1000. The van der Waals surface area contributed by atoms with Crippen LogP contribution in [0.25, 0.3) is 16.6 Å². The Labute approximate surface area is 140 Å². The number of benzene rings is 1. The lowest BCUT2D eigenvalue weighted by molar-refractivity contribution is -0.115. The van der Waals surface area contributed by atoms with Crippen LogP contribution in [0.2, 0.25) is 0 Å². The molecule has 1 unspecified atom stereocenters. The highest BCUT2D eigenvalue weighted by Crippen LogP contribution is 2.22. The average Bonchev–Trinajstić information content (AvgIpc) is 2.98. The number of nitrogens with zero attached hydrogens (tertiary/aromatic N) is 4. The van der Waals surface area contributed by atoms with Crippen molar-refractivity contribution < 1.29 is 9.00 Å². The number of amides is 1. The lowest BCUT2D eigenvalue weighted by Gasteiger charge is -2.08. The summed E-state index contributed by atoms with van der Waals surface area (Å²) in [5.74, 6) is -0.0611. The van der Waals surface area contributed by atoms with Crippen molar-refractivity contribution in [3.8, 4) is 5.69 Å². The Hall–Kier alpha value is -2.54. The Morgan fingerprint density at radius 1 is 1.33 bits per heavy atom. The third-order valence-corrected chi connectivity index (χ3v) is 6.02. The standard InChI is InChI=1S/C17H18N4O2S/c1-3-9-24(23,20-13(2)22)16-6-7-17-14(10-16)12-21(19-17)15-5-4-8-18-11-15/h4-8,10-12H,3,9H2,1-2H3. The van der Waals surface area contributed by atoms with E-state index in [1.807, 2.05) is 31.3 Å². The van der Waals surface area contributed by atoms with E-state index in [2.05, 4.69) is 14.4 Å². The van der Waals surface area contributed by atoms with Crippen LogP contribution in [-0.4, -0.2) is 30.6 Å². The summed E-state index contributed by atoms with van der Waals surface area (Å²) in [5, 5.41) is 5.35. The minimum atomic E-state index is -2.74. The zero-order chi connectivity index (χ0) is 17.2. The van der Waals surface area contributed by atoms with Crippen LogP contribution in [0.1, 0.15) is 20.3 Å². The first-order chi connectivity index (χ1) is 11.5. The highest BCUT2D eigenvalue weighted by molar-refractivity contribution is 7.94. The summed E-state index contributed by atoms with van der Waals surface area (Å²) < 4.78 is 18.7. The molecule has 2 heterocycles. The predicted octanol–water partition coefficient (Wildman–Crippen LogP) is 3.20. The molecule has 0 radical (unpaired) electrons. The molecule has 3 aromatic rings. The molecule has 0 aliphatic carbocycles. The highest BCUT2D eigenvalue weighted by atomic mass is 32.2. The van der Waals surface area contributed by atoms with Crippen molar-refractivity contribution in [2.75, 3.05) is 5.75 Å². The number of aromatic nitrogens is 3. The summed E-state index contributed by atoms with van der Waals surface area (Å²) in [6.45, 7) is 3.25. The van der Waals surface area contributed by atoms with Crippen molar-refractivity contribution >= 4 is 26.5 Å². The average molecular weight is 342 g/mol. The van der Waals surface area contributed by atoms with Gasteiger partial charge < -0.3 is 0 Å². The Kier molecular flexibility index (Phi) is 4.44. The maximum absolute atomic E-state index is 13.1. The first-order valence-electron chi connectivity index (χ1n) is 7.67. The summed E-state index contributed by atoms with van der Waals surface area (Å²) in [4.78, 5) is 16.0. The van der Waals surface area contributed by atoms with E-state index in [1.165, 1.54) is 6.92 Å². The van der Waals surface area contributed by atoms with Crippen LogP contribution in [0.3, 0.4) is 0 Å². The molecule has 1 aromatic carbocycles. The molecule has 0 aliphatic heterocycles. The van der Waals surface area contributed by atoms with Crippen molar-refractivity contribution in [1.29, 1.82) is 0 Å². The number of hydrogen-bond donors (Lipinski definition) is 0. The molecule has 7 heteroatoms. The SMILES string of the molecule is CCCS(=O)(=NC(C)=O)c1ccc2nn(-c3cccnc3)cc2c1. The zero-order valence-electron chi connectivity index (χ0n) is 13.5. The fourth-order valence-electron chi connectivity index (χ4n) is 2.52. The maximum atomic E-state index is 13.1. The van der Waals surface area contributed by atoms with E-state index in [-0.39, 0.29) is 0 Å². The molecule has 1 amide bonds. The molecule has 0 saturated heterocycles. The summed E-state index contributed by atoms with van der Waals surface area (Å²) >= 11 is 0. The summed E-state index contributed by atoms with van der Waals surface area (Å²) in [5.41, 5.74) is 1.63. The van der Waals surface area contributed by atoms with Gasteiger partial charge in [0.05, 0.1) is 27.1 Å². The van der Waals surface area contributed by atoms with Crippen molar-refractivity contribution in [3.63, 3.8) is 0 Å². The van der Waals surface area contributed by atoms with Gasteiger partial charge in [0.1, 0.15) is 0 Å². The molecular weight excluding hydrogens is 324 g/mol. The monoisotopic (exact) mass is 342 g/mol. The second-order valence-corrected chi connectivity index (χ2v) is 7.80. The van der Waals surface area contributed by atoms with Crippen molar-refractivity contribution in [2.24, 2.45) is 4.36 Å². The van der Waals surface area contributed by atoms with E-state index in [1.54, 1.807) is 29.2 Å². The molecule has 0 fully saturated rings. The fraction of sp³-hybridized carbons (Fsp3) is 0.235. The Balaban J connectivity index is 2.12. The lowest BCUT2D eigenvalue weighted by Crippen LogP contribution is -2.08.